The fraction of sp³-hybridized carbons (Fsp3) is 0.560. The quantitative estimate of drug-likeness (QED) is 0.0163. The molecule has 338 valence electrons. The summed E-state index contributed by atoms with van der Waals surface area (Å²) in [6.07, 6.45) is 58.3. The van der Waals surface area contributed by atoms with Crippen LogP contribution in [0.5, 0.6) is 0 Å². The molecule has 1 N–H and O–H groups in total. The maximum Gasteiger partial charge on any atom is 0.472 e. The highest BCUT2D eigenvalue weighted by atomic mass is 31.2. The monoisotopic (exact) mass is 855 g/mol. The van der Waals surface area contributed by atoms with Crippen molar-refractivity contribution < 1.29 is 42.1 Å². The Balaban J connectivity index is 4.80. The molecule has 60 heavy (non-hydrogen) atoms. The highest BCUT2D eigenvalue weighted by molar-refractivity contribution is 7.47. The predicted molar refractivity (Wildman–Crippen MR) is 251 cm³/mol. The summed E-state index contributed by atoms with van der Waals surface area (Å²) in [7, 11) is 1.30. The van der Waals surface area contributed by atoms with Crippen molar-refractivity contribution >= 4 is 19.8 Å². The van der Waals surface area contributed by atoms with E-state index in [0.717, 1.165) is 12.8 Å². The Bertz CT molecular complexity index is 1430. The van der Waals surface area contributed by atoms with Crippen molar-refractivity contribution in [1.29, 1.82) is 0 Å². The average molecular weight is 855 g/mol. The van der Waals surface area contributed by atoms with Gasteiger partial charge in [0.25, 0.3) is 0 Å². The number of carbonyl (C=O) groups is 2. The third-order valence-electron chi connectivity index (χ3n) is 8.88. The van der Waals surface area contributed by atoms with Gasteiger partial charge < -0.3 is 18.9 Å². The van der Waals surface area contributed by atoms with Gasteiger partial charge >= 0.3 is 19.8 Å². The van der Waals surface area contributed by atoms with E-state index in [-0.39, 0.29) is 6.61 Å². The predicted octanol–water partition coefficient (Wildman–Crippen LogP) is 12.9. The molecule has 0 aromatic carbocycles. The van der Waals surface area contributed by atoms with Crippen LogP contribution >= 0.6 is 7.82 Å². The van der Waals surface area contributed by atoms with Gasteiger partial charge in [0.05, 0.1) is 27.7 Å². The summed E-state index contributed by atoms with van der Waals surface area (Å²) in [5, 5.41) is 0. The molecule has 10 heteroatoms. The molecule has 0 amide bonds. The van der Waals surface area contributed by atoms with Gasteiger partial charge in [0.15, 0.2) is 6.10 Å². The Morgan fingerprint density at radius 2 is 0.900 bits per heavy atom. The smallest absolute Gasteiger partial charge is 0.458 e. The van der Waals surface area contributed by atoms with Crippen molar-refractivity contribution in [2.24, 2.45) is 0 Å². The highest BCUT2D eigenvalue weighted by Gasteiger charge is 2.26. The number of hydrogen-bond acceptors (Lipinski definition) is 7. The second kappa shape index (κ2) is 40.8. The maximum atomic E-state index is 12.6. The van der Waals surface area contributed by atoms with Gasteiger partial charge in [-0.05, 0) is 25.7 Å². The molecule has 0 radical (unpaired) electrons. The minimum atomic E-state index is -4.46. The van der Waals surface area contributed by atoms with Crippen LogP contribution in [0.1, 0.15) is 129 Å². The maximum absolute atomic E-state index is 12.6. The Morgan fingerprint density at radius 3 is 1.33 bits per heavy atom. The van der Waals surface area contributed by atoms with Crippen LogP contribution < -0.4 is 0 Å². The number of carbonyl (C=O) groups excluding carboxylic acids is 2. The molecule has 0 aliphatic rings. The van der Waals surface area contributed by atoms with Gasteiger partial charge in [-0.1, -0.05) is 213 Å². The number of phosphoric acid groups is 1. The molecule has 0 saturated heterocycles. The standard InChI is InChI=1S/C50H80NO8P/c1-6-8-10-12-14-16-18-20-22-24-25-27-29-31-33-35-37-39-41-43-50(53)59-48(47-58-60(54,55)57-45-44-51(3,4)5)46-56-49(52)42-40-38-36-34-32-30-28-26-23-21-19-17-15-13-11-9-7-2/h23,25-43,48H,6-22,24,44-47H2,1-5H3/p+1/b26-23-,27-25-,30-28-,31-29-,34-32-,35-33-,38-36-,39-37-,42-40+,43-41-/t48-/m1/s1. The van der Waals surface area contributed by atoms with E-state index in [1.165, 1.54) is 127 Å². The van der Waals surface area contributed by atoms with Gasteiger partial charge in [-0.15, -0.1) is 0 Å². The van der Waals surface area contributed by atoms with Crippen LogP contribution in [0.4, 0.5) is 0 Å². The molecule has 0 aliphatic carbocycles. The highest BCUT2D eigenvalue weighted by Crippen LogP contribution is 2.43. The molecule has 0 saturated carbocycles. The summed E-state index contributed by atoms with van der Waals surface area (Å²) in [5.74, 6) is -1.43. The first-order chi connectivity index (χ1) is 29.0. The fourth-order valence-electron chi connectivity index (χ4n) is 5.37. The van der Waals surface area contributed by atoms with Crippen LogP contribution in [0.25, 0.3) is 0 Å². The molecule has 2 atom stereocenters. The van der Waals surface area contributed by atoms with E-state index in [9.17, 15) is 19.0 Å². The Labute approximate surface area is 365 Å². The van der Waals surface area contributed by atoms with Crippen LogP contribution in [0, 0.1) is 0 Å². The number of phosphoric ester groups is 1. The number of nitrogens with zero attached hydrogens (tertiary/aromatic N) is 1. The summed E-state index contributed by atoms with van der Waals surface area (Å²) in [6.45, 7) is 4.01. The SMILES string of the molecule is CCCCCCCCC\C=C/C=C\C=C/C=C\C=C\C(=O)OC[C@H](COP(=O)(O)OCC[N+](C)(C)C)OC(=O)\C=C/C=C\C=C/C=C\C=C/CCCCCCCCCCC. The summed E-state index contributed by atoms with van der Waals surface area (Å²) >= 11 is 0. The van der Waals surface area contributed by atoms with Crippen LogP contribution in [-0.4, -0.2) is 74.9 Å². The van der Waals surface area contributed by atoms with Crippen LogP contribution in [0.3, 0.4) is 0 Å². The van der Waals surface area contributed by atoms with E-state index in [0.29, 0.717) is 11.0 Å². The summed E-state index contributed by atoms with van der Waals surface area (Å²) in [5.41, 5.74) is 0. The van der Waals surface area contributed by atoms with Crippen molar-refractivity contribution in [1.82, 2.24) is 0 Å². The molecule has 0 fully saturated rings. The number of likely N-dealkylation sites (N-methyl/N-ethyl adjacent to an activating group) is 1. The largest absolute Gasteiger partial charge is 0.472 e. The first-order valence-corrected chi connectivity index (χ1v) is 23.9. The molecule has 0 rings (SSSR count). The van der Waals surface area contributed by atoms with Crippen molar-refractivity contribution in [3.63, 3.8) is 0 Å². The van der Waals surface area contributed by atoms with Gasteiger partial charge in [-0.25, -0.2) is 14.2 Å². The van der Waals surface area contributed by atoms with E-state index >= 15 is 0 Å². The minimum Gasteiger partial charge on any atom is -0.458 e. The normalized spacial score (nSPS) is 14.7. The topological polar surface area (TPSA) is 108 Å². The molecule has 0 aromatic rings. The van der Waals surface area contributed by atoms with Gasteiger partial charge in [0.1, 0.15) is 19.8 Å². The lowest BCUT2D eigenvalue weighted by atomic mass is 10.1. The summed E-state index contributed by atoms with van der Waals surface area (Å²) in [6, 6.07) is 0. The molecule has 0 aliphatic heterocycles. The fourth-order valence-corrected chi connectivity index (χ4v) is 6.11. The van der Waals surface area contributed by atoms with Gasteiger partial charge in [-0.3, -0.25) is 9.05 Å². The zero-order valence-electron chi connectivity index (χ0n) is 37.9. The lowest BCUT2D eigenvalue weighted by Gasteiger charge is -2.24. The zero-order valence-corrected chi connectivity index (χ0v) is 38.8. The summed E-state index contributed by atoms with van der Waals surface area (Å²) in [4.78, 5) is 35.1. The molecule has 0 heterocycles. The summed E-state index contributed by atoms with van der Waals surface area (Å²) < 4.78 is 33.8. The van der Waals surface area contributed by atoms with E-state index in [1.807, 2.05) is 69.8 Å². The van der Waals surface area contributed by atoms with E-state index in [1.54, 1.807) is 24.3 Å². The van der Waals surface area contributed by atoms with Gasteiger partial charge in [0.2, 0.25) is 0 Å². The van der Waals surface area contributed by atoms with Crippen molar-refractivity contribution in [3.05, 3.63) is 122 Å². The molecule has 0 bridgehead atoms. The van der Waals surface area contributed by atoms with Gasteiger partial charge in [-0.2, -0.15) is 0 Å². The first kappa shape index (κ1) is 56.4. The minimum absolute atomic E-state index is 0.0215. The Hall–Kier alpha value is -3.59. The van der Waals surface area contributed by atoms with E-state index in [4.69, 9.17) is 18.5 Å². The second-order valence-corrected chi connectivity index (χ2v) is 17.2. The molecule has 0 aromatic heterocycles. The average Bonchev–Trinajstić information content (AvgIpc) is 3.20. The molecular formula is C50H81NO8P+. The van der Waals surface area contributed by atoms with Gasteiger partial charge in [0, 0.05) is 12.2 Å². The molecule has 0 spiro atoms. The van der Waals surface area contributed by atoms with Crippen molar-refractivity contribution in [3.8, 4) is 0 Å². The van der Waals surface area contributed by atoms with Crippen LogP contribution in [0.2, 0.25) is 0 Å². The lowest BCUT2D eigenvalue weighted by Crippen LogP contribution is -2.37. The third-order valence-corrected chi connectivity index (χ3v) is 9.86. The number of rotatable bonds is 38. The number of hydrogen-bond donors (Lipinski definition) is 1. The zero-order chi connectivity index (χ0) is 44.3. The number of esters is 2. The number of ether oxygens (including phenoxy) is 2. The van der Waals surface area contributed by atoms with Crippen molar-refractivity contribution in [2.45, 2.75) is 136 Å². The van der Waals surface area contributed by atoms with E-state index < -0.39 is 39.1 Å². The van der Waals surface area contributed by atoms with Crippen LogP contribution in [-0.2, 0) is 32.7 Å². The van der Waals surface area contributed by atoms with Crippen LogP contribution in [0.15, 0.2) is 122 Å². The third kappa shape index (κ3) is 44.0. The number of unbranched alkanes of at least 4 members (excludes halogenated alkanes) is 16. The first-order valence-electron chi connectivity index (χ1n) is 22.4. The lowest BCUT2D eigenvalue weighted by molar-refractivity contribution is -0.870. The Kier molecular flexibility index (Phi) is 38.4. The molecular weight excluding hydrogens is 774 g/mol. The number of quaternary nitrogens is 1. The second-order valence-electron chi connectivity index (χ2n) is 15.7. The number of allylic oxidation sites excluding steroid dienone is 18. The Morgan fingerprint density at radius 1 is 0.517 bits per heavy atom. The van der Waals surface area contributed by atoms with Crippen molar-refractivity contribution in [2.75, 3.05) is 47.5 Å². The molecule has 9 nitrogen and oxygen atoms in total. The van der Waals surface area contributed by atoms with E-state index in [2.05, 4.69) is 38.2 Å². The molecule has 1 unspecified atom stereocenters.